The molecule has 0 spiro atoms. The summed E-state index contributed by atoms with van der Waals surface area (Å²) in [7, 11) is 0. The molecule has 0 saturated heterocycles. The number of carbonyl (C=O) groups is 3. The number of carboxylic acid groups (broad SMARTS) is 2. The first kappa shape index (κ1) is 21.5. The molecular weight excluding hydrogens is 408 g/mol. The van der Waals surface area contributed by atoms with Crippen LogP contribution in [0.1, 0.15) is 42.1 Å². The molecule has 1 amide bonds. The molecule has 164 valence electrons. The van der Waals surface area contributed by atoms with E-state index in [0.717, 1.165) is 23.8 Å². The van der Waals surface area contributed by atoms with E-state index in [2.05, 4.69) is 4.98 Å². The summed E-state index contributed by atoms with van der Waals surface area (Å²) >= 11 is 0. The first-order valence-corrected chi connectivity index (χ1v) is 10.6. The molecule has 0 radical (unpaired) electrons. The van der Waals surface area contributed by atoms with Crippen LogP contribution in [0.5, 0.6) is 0 Å². The molecule has 1 aliphatic rings. The maximum atomic E-state index is 12.7. The van der Waals surface area contributed by atoms with Gasteiger partial charge in [-0.2, -0.15) is 0 Å². The van der Waals surface area contributed by atoms with Crippen molar-refractivity contribution in [2.45, 2.75) is 38.8 Å². The summed E-state index contributed by atoms with van der Waals surface area (Å²) < 4.78 is 0. The van der Waals surface area contributed by atoms with E-state index >= 15 is 0 Å². The van der Waals surface area contributed by atoms with Crippen molar-refractivity contribution in [3.05, 3.63) is 65.7 Å². The van der Waals surface area contributed by atoms with Crippen LogP contribution in [0.3, 0.4) is 0 Å². The fourth-order valence-corrected chi connectivity index (χ4v) is 3.77. The largest absolute Gasteiger partial charge is 0.480 e. The van der Waals surface area contributed by atoms with Gasteiger partial charge in [-0.15, -0.1) is 0 Å². The van der Waals surface area contributed by atoms with Gasteiger partial charge in [0.05, 0.1) is 16.8 Å². The van der Waals surface area contributed by atoms with Gasteiger partial charge in [-0.1, -0.05) is 30.3 Å². The lowest BCUT2D eigenvalue weighted by atomic mass is 10.0. The summed E-state index contributed by atoms with van der Waals surface area (Å²) in [5.74, 6) is -1.81. The van der Waals surface area contributed by atoms with Gasteiger partial charge in [-0.3, -0.25) is 4.79 Å². The van der Waals surface area contributed by atoms with E-state index in [1.165, 1.54) is 11.8 Å². The molecule has 32 heavy (non-hydrogen) atoms. The smallest absolute Gasteiger partial charge is 0.336 e. The van der Waals surface area contributed by atoms with Crippen molar-refractivity contribution >= 4 is 28.7 Å². The minimum Gasteiger partial charge on any atom is -0.480 e. The van der Waals surface area contributed by atoms with E-state index in [1.54, 1.807) is 30.3 Å². The molecule has 1 aromatic heterocycles. The predicted molar refractivity (Wildman–Crippen MR) is 119 cm³/mol. The number of carbonyl (C=O) groups excluding carboxylic acids is 1. The molecule has 0 unspecified atom stereocenters. The van der Waals surface area contributed by atoms with Gasteiger partial charge < -0.3 is 15.1 Å². The number of hydrogen-bond donors (Lipinski definition) is 2. The molecule has 1 heterocycles. The lowest BCUT2D eigenvalue weighted by molar-refractivity contribution is -0.150. The molecule has 7 nitrogen and oxygen atoms in total. The summed E-state index contributed by atoms with van der Waals surface area (Å²) in [5, 5.41) is 19.7. The highest BCUT2D eigenvalue weighted by Gasteiger charge is 2.31. The molecule has 2 aromatic carbocycles. The van der Waals surface area contributed by atoms with Crippen molar-refractivity contribution in [1.82, 2.24) is 9.88 Å². The molecule has 1 atom stereocenters. The van der Waals surface area contributed by atoms with E-state index in [4.69, 9.17) is 0 Å². The number of pyridine rings is 1. The second kappa shape index (κ2) is 8.78. The third-order valence-corrected chi connectivity index (χ3v) is 5.85. The molecule has 0 aliphatic heterocycles. The molecule has 4 rings (SSSR count). The van der Waals surface area contributed by atoms with Crippen LogP contribution < -0.4 is 0 Å². The molecule has 3 aromatic rings. The number of amides is 1. The van der Waals surface area contributed by atoms with Gasteiger partial charge in [0.15, 0.2) is 0 Å². The summed E-state index contributed by atoms with van der Waals surface area (Å²) in [5.41, 5.74) is 2.79. The highest BCUT2D eigenvalue weighted by Crippen LogP contribution is 2.33. The van der Waals surface area contributed by atoms with Gasteiger partial charge in [0.2, 0.25) is 5.91 Å². The first-order valence-electron chi connectivity index (χ1n) is 10.6. The van der Waals surface area contributed by atoms with E-state index in [0.29, 0.717) is 29.1 Å². The number of nitrogens with zero attached hydrogens (tertiary/aromatic N) is 2. The third kappa shape index (κ3) is 4.61. The van der Waals surface area contributed by atoms with Crippen molar-refractivity contribution in [3.8, 4) is 11.3 Å². The van der Waals surface area contributed by atoms with Crippen LogP contribution in [0, 0.1) is 5.92 Å². The summed E-state index contributed by atoms with van der Waals surface area (Å²) in [6, 6.07) is 15.0. The normalized spacial score (nSPS) is 14.2. The van der Waals surface area contributed by atoms with Crippen LogP contribution in [0.25, 0.3) is 22.2 Å². The fraction of sp³-hybridized carbons (Fsp3) is 0.280. The Morgan fingerprint density at radius 2 is 1.81 bits per heavy atom. The van der Waals surface area contributed by atoms with Crippen LogP contribution in [-0.2, 0) is 16.1 Å². The summed E-state index contributed by atoms with van der Waals surface area (Å²) in [4.78, 5) is 41.8. The van der Waals surface area contributed by atoms with Crippen LogP contribution in [0.2, 0.25) is 0 Å². The lowest BCUT2D eigenvalue weighted by Crippen LogP contribution is -2.42. The Balaban J connectivity index is 1.62. The predicted octanol–water partition coefficient (Wildman–Crippen LogP) is 4.20. The highest BCUT2D eigenvalue weighted by molar-refractivity contribution is 5.96. The van der Waals surface area contributed by atoms with Crippen LogP contribution >= 0.6 is 0 Å². The van der Waals surface area contributed by atoms with Gasteiger partial charge in [-0.05, 0) is 55.5 Å². The Morgan fingerprint density at radius 1 is 1.06 bits per heavy atom. The van der Waals surface area contributed by atoms with Crippen LogP contribution in [0.4, 0.5) is 0 Å². The van der Waals surface area contributed by atoms with Gasteiger partial charge >= 0.3 is 11.9 Å². The number of aliphatic carboxylic acids is 1. The number of hydrogen-bond acceptors (Lipinski definition) is 4. The zero-order valence-corrected chi connectivity index (χ0v) is 17.7. The van der Waals surface area contributed by atoms with Gasteiger partial charge in [0.25, 0.3) is 0 Å². The van der Waals surface area contributed by atoms with Gasteiger partial charge in [0, 0.05) is 23.9 Å². The maximum Gasteiger partial charge on any atom is 0.336 e. The highest BCUT2D eigenvalue weighted by atomic mass is 16.4. The van der Waals surface area contributed by atoms with Crippen LogP contribution in [-0.4, -0.2) is 44.0 Å². The van der Waals surface area contributed by atoms with E-state index in [-0.39, 0.29) is 18.0 Å². The van der Waals surface area contributed by atoms with E-state index in [1.807, 2.05) is 24.3 Å². The van der Waals surface area contributed by atoms with Gasteiger partial charge in [0.1, 0.15) is 6.04 Å². The number of rotatable bonds is 8. The molecule has 1 aliphatic carbocycles. The first-order chi connectivity index (χ1) is 15.3. The second-order valence-corrected chi connectivity index (χ2v) is 8.26. The SMILES string of the molecule is C[C@@H](C(=O)O)N(Cc1ccc2nc(-c3ccccc3C(=O)O)ccc2c1)C(=O)CC1CC1. The Morgan fingerprint density at radius 3 is 2.50 bits per heavy atom. The second-order valence-electron chi connectivity index (χ2n) is 8.26. The Hall–Kier alpha value is -3.74. The third-order valence-electron chi connectivity index (χ3n) is 5.85. The number of aromatic nitrogens is 1. The van der Waals surface area contributed by atoms with Crippen molar-refractivity contribution in [1.29, 1.82) is 0 Å². The average Bonchev–Trinajstić information content (AvgIpc) is 3.60. The Bertz CT molecular complexity index is 1200. The average molecular weight is 432 g/mol. The number of benzene rings is 2. The van der Waals surface area contributed by atoms with Crippen molar-refractivity contribution < 1.29 is 24.6 Å². The Kier molecular flexibility index (Phi) is 5.90. The molecule has 0 bridgehead atoms. The van der Waals surface area contributed by atoms with E-state index < -0.39 is 18.0 Å². The van der Waals surface area contributed by atoms with Crippen molar-refractivity contribution in [3.63, 3.8) is 0 Å². The summed E-state index contributed by atoms with van der Waals surface area (Å²) in [6.45, 7) is 1.74. The lowest BCUT2D eigenvalue weighted by Gasteiger charge is -2.27. The maximum absolute atomic E-state index is 12.7. The Labute approximate surface area is 185 Å². The van der Waals surface area contributed by atoms with Gasteiger partial charge in [-0.25, -0.2) is 14.6 Å². The summed E-state index contributed by atoms with van der Waals surface area (Å²) in [6.07, 6.45) is 2.44. The number of fused-ring (bicyclic) bond motifs is 1. The zero-order chi connectivity index (χ0) is 22.8. The van der Waals surface area contributed by atoms with Crippen molar-refractivity contribution in [2.24, 2.45) is 5.92 Å². The number of carboxylic acids is 2. The standard InChI is InChI=1S/C25H24N2O5/c1-15(24(29)30)27(23(28)13-16-6-7-16)14-17-8-10-21-18(12-17)9-11-22(26-21)19-4-2-3-5-20(19)25(31)32/h2-5,8-12,15-16H,6-7,13-14H2,1H3,(H,29,30)(H,31,32)/t15-/m0/s1. The quantitative estimate of drug-likeness (QED) is 0.552. The minimum atomic E-state index is -1.03. The molecular formula is C25H24N2O5. The molecule has 7 heteroatoms. The monoisotopic (exact) mass is 432 g/mol. The topological polar surface area (TPSA) is 108 Å². The van der Waals surface area contributed by atoms with Crippen molar-refractivity contribution in [2.75, 3.05) is 0 Å². The number of aromatic carboxylic acids is 1. The molecule has 1 saturated carbocycles. The fourth-order valence-electron chi connectivity index (χ4n) is 3.77. The molecule has 1 fully saturated rings. The van der Waals surface area contributed by atoms with E-state index in [9.17, 15) is 24.6 Å². The zero-order valence-electron chi connectivity index (χ0n) is 17.7. The molecule has 2 N–H and O–H groups in total. The minimum absolute atomic E-state index is 0.138. The van der Waals surface area contributed by atoms with Crippen LogP contribution in [0.15, 0.2) is 54.6 Å².